The number of hydrogen-bond donors (Lipinski definition) is 2. The molecule has 1 rings (SSSR count). The summed E-state index contributed by atoms with van der Waals surface area (Å²) in [6.07, 6.45) is 3.51. The van der Waals surface area contributed by atoms with Crippen LogP contribution in [0.25, 0.3) is 0 Å². The fraction of sp³-hybridized carbons (Fsp3) is 0.300. The van der Waals surface area contributed by atoms with Crippen LogP contribution in [-0.4, -0.2) is 36.2 Å². The van der Waals surface area contributed by atoms with Crippen molar-refractivity contribution in [3.8, 4) is 0 Å². The van der Waals surface area contributed by atoms with Gasteiger partial charge in [0.05, 0.1) is 5.56 Å². The molecule has 0 bridgehead atoms. The first-order valence-electron chi connectivity index (χ1n) is 4.89. The van der Waals surface area contributed by atoms with Gasteiger partial charge in [0.2, 0.25) is 0 Å². The lowest BCUT2D eigenvalue weighted by molar-refractivity contribution is 0.0956. The molecule has 7 heteroatoms. The highest BCUT2D eigenvalue weighted by atomic mass is 33.1. The molecule has 0 aliphatic carbocycles. The van der Waals surface area contributed by atoms with Crippen molar-refractivity contribution in [1.29, 1.82) is 0 Å². The van der Waals surface area contributed by atoms with E-state index in [0.717, 1.165) is 5.75 Å². The van der Waals surface area contributed by atoms with E-state index in [1.54, 1.807) is 33.7 Å². The zero-order valence-corrected chi connectivity index (χ0v) is 11.1. The number of rotatable bonds is 7. The second kappa shape index (κ2) is 7.97. The van der Waals surface area contributed by atoms with E-state index < -0.39 is 0 Å². The molecule has 0 fully saturated rings. The van der Waals surface area contributed by atoms with Crippen LogP contribution >= 0.6 is 21.6 Å². The van der Waals surface area contributed by atoms with Crippen molar-refractivity contribution in [3.63, 3.8) is 0 Å². The van der Waals surface area contributed by atoms with E-state index >= 15 is 0 Å². The Bertz CT molecular complexity index is 369. The summed E-state index contributed by atoms with van der Waals surface area (Å²) in [7, 11) is 3.40. The number of hydrazone groups is 1. The molecule has 1 heterocycles. The number of pyridine rings is 1. The van der Waals surface area contributed by atoms with Gasteiger partial charge < -0.3 is 5.32 Å². The van der Waals surface area contributed by atoms with Crippen molar-refractivity contribution < 1.29 is 4.79 Å². The summed E-state index contributed by atoms with van der Waals surface area (Å²) in [5.74, 6) is 1.34. The minimum Gasteiger partial charge on any atom is -0.351 e. The van der Waals surface area contributed by atoms with Crippen molar-refractivity contribution in [2.45, 2.75) is 0 Å². The fourth-order valence-corrected chi connectivity index (χ4v) is 2.17. The average Bonchev–Trinajstić information content (AvgIpc) is 2.36. The topological polar surface area (TPSA) is 66.4 Å². The van der Waals surface area contributed by atoms with Crippen LogP contribution in [0.1, 0.15) is 10.4 Å². The number of carbonyl (C=O) groups is 1. The SMILES string of the molecule is C=NNc1ccc(C(=O)NCCSSC)cn1. The second-order valence-corrected chi connectivity index (χ2v) is 5.63. The average molecular weight is 270 g/mol. The summed E-state index contributed by atoms with van der Waals surface area (Å²) in [4.78, 5) is 15.7. The Balaban J connectivity index is 2.43. The van der Waals surface area contributed by atoms with Gasteiger partial charge in [-0.3, -0.25) is 10.2 Å². The largest absolute Gasteiger partial charge is 0.351 e. The lowest BCUT2D eigenvalue weighted by Gasteiger charge is -2.04. The molecule has 1 aromatic rings. The summed E-state index contributed by atoms with van der Waals surface area (Å²) in [6.45, 7) is 3.94. The predicted octanol–water partition coefficient (Wildman–Crippen LogP) is 1.85. The maximum atomic E-state index is 11.7. The minimum atomic E-state index is -0.114. The standard InChI is InChI=1S/C10H14N4OS2/c1-11-14-9-4-3-8(7-13-9)10(15)12-5-6-17-16-2/h3-4,7H,1,5-6H2,2H3,(H,12,15)(H,13,14). The minimum absolute atomic E-state index is 0.114. The van der Waals surface area contributed by atoms with Crippen LogP contribution in [0, 0.1) is 0 Å². The Hall–Kier alpha value is -1.21. The Morgan fingerprint density at radius 3 is 3.00 bits per heavy atom. The molecule has 0 aliphatic rings. The Morgan fingerprint density at radius 1 is 1.59 bits per heavy atom. The molecule has 1 aromatic heterocycles. The molecular weight excluding hydrogens is 256 g/mol. The first kappa shape index (κ1) is 13.9. The number of nitrogens with zero attached hydrogens (tertiary/aromatic N) is 2. The van der Waals surface area contributed by atoms with Gasteiger partial charge in [0.25, 0.3) is 5.91 Å². The molecule has 1 amide bonds. The summed E-state index contributed by atoms with van der Waals surface area (Å²) >= 11 is 0. The molecule has 17 heavy (non-hydrogen) atoms. The van der Waals surface area contributed by atoms with Crippen LogP contribution in [0.15, 0.2) is 23.4 Å². The smallest absolute Gasteiger partial charge is 0.252 e. The summed E-state index contributed by atoms with van der Waals surface area (Å²) < 4.78 is 0. The monoisotopic (exact) mass is 270 g/mol. The normalized spacial score (nSPS) is 9.71. The van der Waals surface area contributed by atoms with Gasteiger partial charge in [0, 0.05) is 25.2 Å². The molecule has 5 nitrogen and oxygen atoms in total. The summed E-state index contributed by atoms with van der Waals surface area (Å²) in [5, 5.41) is 6.30. The number of carbonyl (C=O) groups excluding carboxylic acids is 1. The van der Waals surface area contributed by atoms with Crippen LogP contribution < -0.4 is 10.7 Å². The lowest BCUT2D eigenvalue weighted by atomic mass is 10.2. The molecule has 0 spiro atoms. The molecular formula is C10H14N4OS2. The highest BCUT2D eigenvalue weighted by molar-refractivity contribution is 8.76. The molecule has 0 saturated carbocycles. The van der Waals surface area contributed by atoms with Gasteiger partial charge in [-0.2, -0.15) is 5.10 Å². The molecule has 2 N–H and O–H groups in total. The highest BCUT2D eigenvalue weighted by Crippen LogP contribution is 2.14. The lowest BCUT2D eigenvalue weighted by Crippen LogP contribution is -2.25. The Morgan fingerprint density at radius 2 is 2.41 bits per heavy atom. The molecule has 0 atom stereocenters. The van der Waals surface area contributed by atoms with Gasteiger partial charge in [-0.25, -0.2) is 4.98 Å². The summed E-state index contributed by atoms with van der Waals surface area (Å²) in [5.41, 5.74) is 3.13. The number of anilines is 1. The van der Waals surface area contributed by atoms with E-state index in [1.165, 1.54) is 6.20 Å². The molecule has 0 radical (unpaired) electrons. The second-order valence-electron chi connectivity index (χ2n) is 2.95. The molecule has 0 aromatic carbocycles. The Kier molecular flexibility index (Phi) is 6.49. The molecule has 92 valence electrons. The van der Waals surface area contributed by atoms with E-state index in [2.05, 4.69) is 27.5 Å². The highest BCUT2D eigenvalue weighted by Gasteiger charge is 2.04. The third-order valence-electron chi connectivity index (χ3n) is 1.81. The van der Waals surface area contributed by atoms with Crippen molar-refractivity contribution in [2.24, 2.45) is 5.10 Å². The van der Waals surface area contributed by atoms with Gasteiger partial charge >= 0.3 is 0 Å². The van der Waals surface area contributed by atoms with Crippen LogP contribution in [0.4, 0.5) is 5.82 Å². The quantitative estimate of drug-likeness (QED) is 0.342. The van der Waals surface area contributed by atoms with Gasteiger partial charge in [0.1, 0.15) is 5.82 Å². The van der Waals surface area contributed by atoms with E-state index in [0.29, 0.717) is 17.9 Å². The third-order valence-corrected chi connectivity index (χ3v) is 3.62. The van der Waals surface area contributed by atoms with Crippen LogP contribution in [0.3, 0.4) is 0 Å². The molecule has 0 saturated heterocycles. The van der Waals surface area contributed by atoms with Crippen molar-refractivity contribution in [1.82, 2.24) is 10.3 Å². The zero-order chi connectivity index (χ0) is 12.5. The van der Waals surface area contributed by atoms with E-state index in [1.807, 2.05) is 6.26 Å². The number of nitrogens with one attached hydrogen (secondary N) is 2. The number of hydrogen-bond acceptors (Lipinski definition) is 6. The first-order chi connectivity index (χ1) is 8.27. The third kappa shape index (κ3) is 5.10. The fourth-order valence-electron chi connectivity index (χ4n) is 1.07. The van der Waals surface area contributed by atoms with Crippen LogP contribution in [-0.2, 0) is 0 Å². The first-order valence-corrected chi connectivity index (χ1v) is 7.62. The van der Waals surface area contributed by atoms with Gasteiger partial charge in [-0.1, -0.05) is 21.6 Å². The van der Waals surface area contributed by atoms with Crippen LogP contribution in [0.5, 0.6) is 0 Å². The van der Waals surface area contributed by atoms with Gasteiger partial charge in [-0.15, -0.1) is 0 Å². The van der Waals surface area contributed by atoms with Crippen LogP contribution in [0.2, 0.25) is 0 Å². The number of amides is 1. The van der Waals surface area contributed by atoms with Crippen molar-refractivity contribution >= 4 is 40.0 Å². The number of aromatic nitrogens is 1. The van der Waals surface area contributed by atoms with Crippen molar-refractivity contribution in [2.75, 3.05) is 24.0 Å². The zero-order valence-electron chi connectivity index (χ0n) is 9.47. The van der Waals surface area contributed by atoms with E-state index in [4.69, 9.17) is 0 Å². The molecule has 0 aliphatic heterocycles. The maximum Gasteiger partial charge on any atom is 0.252 e. The molecule has 0 unspecified atom stereocenters. The van der Waals surface area contributed by atoms with E-state index in [9.17, 15) is 4.79 Å². The maximum absolute atomic E-state index is 11.7. The summed E-state index contributed by atoms with van der Waals surface area (Å²) in [6, 6.07) is 3.37. The van der Waals surface area contributed by atoms with Crippen molar-refractivity contribution in [3.05, 3.63) is 23.9 Å². The van der Waals surface area contributed by atoms with Gasteiger partial charge in [0.15, 0.2) is 0 Å². The Labute approximate surface area is 108 Å². The van der Waals surface area contributed by atoms with E-state index in [-0.39, 0.29) is 5.91 Å². The van der Waals surface area contributed by atoms with Gasteiger partial charge in [-0.05, 0) is 18.4 Å². The predicted molar refractivity (Wildman–Crippen MR) is 75.7 cm³/mol.